The van der Waals surface area contributed by atoms with Crippen LogP contribution in [0.5, 0.6) is 0 Å². The van der Waals surface area contributed by atoms with Gasteiger partial charge in [-0.15, -0.1) is 0 Å². The summed E-state index contributed by atoms with van der Waals surface area (Å²) in [4.78, 5) is 0. The van der Waals surface area contributed by atoms with Crippen LogP contribution in [-0.2, 0) is 14.6 Å². The quantitative estimate of drug-likeness (QED) is 0.410. The Hall–Kier alpha value is 0.570. The molecule has 0 aromatic carbocycles. The minimum absolute atomic E-state index is 0. The average molecular weight is 422 g/mol. The number of hydrogen-bond acceptors (Lipinski definition) is 4. The van der Waals surface area contributed by atoms with Gasteiger partial charge in [0.25, 0.3) is 0 Å². The van der Waals surface area contributed by atoms with Gasteiger partial charge in [-0.2, -0.15) is 8.42 Å². The van der Waals surface area contributed by atoms with Gasteiger partial charge in [0.2, 0.25) is 0 Å². The van der Waals surface area contributed by atoms with Crippen LogP contribution in [0.3, 0.4) is 0 Å². The molecule has 3 saturated carbocycles. The standard InChI is InChI=1S/C21H34O5S.Na/c1-4-21(26-27(23,24)25)12-9-18-16-6-5-14-13-15(22)7-10-19(14,2)17(16)8-11-20(18,21)3;/h5,15-18,22H,4,6-13H2,1-3H3,(H,23,24,25);/t15?,16?,17?,18?,19-,20-,21+;/m0./s1. The van der Waals surface area contributed by atoms with E-state index in [9.17, 15) is 18.1 Å². The first kappa shape index (κ1) is 23.2. The summed E-state index contributed by atoms with van der Waals surface area (Å²) in [6.45, 7) is 6.57. The molecular formula is C21H34NaO5S. The molecule has 4 aliphatic carbocycles. The van der Waals surface area contributed by atoms with Gasteiger partial charge in [-0.05, 0) is 81.0 Å². The van der Waals surface area contributed by atoms with Crippen LogP contribution in [0.1, 0.15) is 78.6 Å². The number of aliphatic hydroxyl groups is 1. The second-order valence-electron chi connectivity index (χ2n) is 10.0. The van der Waals surface area contributed by atoms with Crippen molar-refractivity contribution in [2.75, 3.05) is 0 Å². The van der Waals surface area contributed by atoms with E-state index in [1.807, 2.05) is 6.92 Å². The first-order valence-corrected chi connectivity index (χ1v) is 12.0. The summed E-state index contributed by atoms with van der Waals surface area (Å²) in [5.41, 5.74) is 0.601. The molecule has 155 valence electrons. The molecule has 7 heteroatoms. The van der Waals surface area contributed by atoms with Crippen LogP contribution in [0.4, 0.5) is 0 Å². The Morgan fingerprint density at radius 3 is 2.46 bits per heavy atom. The molecule has 7 atom stereocenters. The van der Waals surface area contributed by atoms with E-state index in [4.69, 9.17) is 4.18 Å². The largest absolute Gasteiger partial charge is 0.397 e. The van der Waals surface area contributed by atoms with Crippen molar-refractivity contribution >= 4 is 40.0 Å². The number of fused-ring (bicyclic) bond motifs is 5. The van der Waals surface area contributed by atoms with E-state index in [2.05, 4.69) is 19.9 Å². The Morgan fingerprint density at radius 2 is 1.82 bits per heavy atom. The van der Waals surface area contributed by atoms with Gasteiger partial charge in [0.05, 0.1) is 11.7 Å². The molecule has 2 N–H and O–H groups in total. The minimum Gasteiger partial charge on any atom is -0.393 e. The second-order valence-corrected chi connectivity index (χ2v) is 11.0. The van der Waals surface area contributed by atoms with E-state index in [-0.39, 0.29) is 46.5 Å². The van der Waals surface area contributed by atoms with E-state index < -0.39 is 16.0 Å². The predicted octanol–water partition coefficient (Wildman–Crippen LogP) is 3.90. The Labute approximate surface area is 191 Å². The van der Waals surface area contributed by atoms with Crippen LogP contribution in [0, 0.1) is 28.6 Å². The molecule has 0 saturated heterocycles. The first-order valence-electron chi connectivity index (χ1n) is 10.6. The average Bonchev–Trinajstić information content (AvgIpc) is 2.87. The predicted molar refractivity (Wildman–Crippen MR) is 109 cm³/mol. The fourth-order valence-corrected chi connectivity index (χ4v) is 8.51. The maximum Gasteiger partial charge on any atom is 0.397 e. The van der Waals surface area contributed by atoms with Gasteiger partial charge in [-0.1, -0.05) is 32.4 Å². The summed E-state index contributed by atoms with van der Waals surface area (Å²) < 4.78 is 38.1. The van der Waals surface area contributed by atoms with Gasteiger partial charge in [0.1, 0.15) is 0 Å². The van der Waals surface area contributed by atoms with Crippen molar-refractivity contribution in [1.29, 1.82) is 0 Å². The molecule has 0 aliphatic heterocycles. The summed E-state index contributed by atoms with van der Waals surface area (Å²) in [5.74, 6) is 1.55. The fraction of sp³-hybridized carbons (Fsp3) is 0.905. The summed E-state index contributed by atoms with van der Waals surface area (Å²) in [5, 5.41) is 10.1. The summed E-state index contributed by atoms with van der Waals surface area (Å²) >= 11 is 0. The van der Waals surface area contributed by atoms with Gasteiger partial charge in [-0.3, -0.25) is 4.55 Å². The van der Waals surface area contributed by atoms with Crippen molar-refractivity contribution in [3.8, 4) is 0 Å². The van der Waals surface area contributed by atoms with Crippen LogP contribution < -0.4 is 0 Å². The Bertz CT molecular complexity index is 752. The number of rotatable bonds is 3. The molecule has 3 fully saturated rings. The molecule has 0 heterocycles. The molecule has 5 nitrogen and oxygen atoms in total. The van der Waals surface area contributed by atoms with Crippen molar-refractivity contribution < 1.29 is 22.3 Å². The van der Waals surface area contributed by atoms with Crippen LogP contribution >= 0.6 is 0 Å². The molecule has 4 aliphatic rings. The maximum absolute atomic E-state index is 11.6. The third kappa shape index (κ3) is 3.39. The van der Waals surface area contributed by atoms with E-state index >= 15 is 0 Å². The van der Waals surface area contributed by atoms with Crippen molar-refractivity contribution in [3.63, 3.8) is 0 Å². The van der Waals surface area contributed by atoms with Crippen molar-refractivity contribution in [2.45, 2.75) is 90.3 Å². The van der Waals surface area contributed by atoms with Crippen LogP contribution in [-0.4, -0.2) is 59.3 Å². The summed E-state index contributed by atoms with van der Waals surface area (Å²) in [6.07, 6.45) is 10.2. The molecule has 4 rings (SSSR count). The molecule has 0 aromatic heterocycles. The Kier molecular flexibility index (Phi) is 6.32. The summed E-state index contributed by atoms with van der Waals surface area (Å²) in [7, 11) is -4.47. The fourth-order valence-electron chi connectivity index (χ4n) is 7.71. The topological polar surface area (TPSA) is 83.8 Å². The van der Waals surface area contributed by atoms with Crippen LogP contribution in [0.2, 0.25) is 0 Å². The van der Waals surface area contributed by atoms with Gasteiger partial charge < -0.3 is 5.11 Å². The monoisotopic (exact) mass is 421 g/mol. The zero-order chi connectivity index (χ0) is 19.7. The van der Waals surface area contributed by atoms with Crippen molar-refractivity contribution in [2.24, 2.45) is 28.6 Å². The molecule has 28 heavy (non-hydrogen) atoms. The van der Waals surface area contributed by atoms with Crippen molar-refractivity contribution in [1.82, 2.24) is 0 Å². The molecule has 0 bridgehead atoms. The SMILES string of the molecule is CC[C@@]1(OS(=O)(=O)O)CCC2C3CC=C4CC(O)CC[C@]4(C)C3CC[C@@]21C.[Na]. The van der Waals surface area contributed by atoms with Gasteiger partial charge in [0.15, 0.2) is 0 Å². The third-order valence-electron chi connectivity index (χ3n) is 9.20. The maximum atomic E-state index is 11.6. The van der Waals surface area contributed by atoms with E-state index in [1.54, 1.807) is 0 Å². The van der Waals surface area contributed by atoms with Gasteiger partial charge in [0, 0.05) is 35.0 Å². The molecule has 4 unspecified atom stereocenters. The molecule has 1 radical (unpaired) electrons. The zero-order valence-corrected chi connectivity index (χ0v) is 20.6. The number of aliphatic hydroxyl groups excluding tert-OH is 1. The third-order valence-corrected chi connectivity index (χ3v) is 9.73. The smallest absolute Gasteiger partial charge is 0.393 e. The zero-order valence-electron chi connectivity index (χ0n) is 17.8. The normalized spacial score (nSPS) is 48.0. The van der Waals surface area contributed by atoms with E-state index in [0.29, 0.717) is 30.6 Å². The Balaban J connectivity index is 0.00000225. The number of hydrogen-bond donors (Lipinski definition) is 2. The molecular weight excluding hydrogens is 387 g/mol. The van der Waals surface area contributed by atoms with E-state index in [1.165, 1.54) is 5.57 Å². The number of allylic oxidation sites excluding steroid dienone is 1. The van der Waals surface area contributed by atoms with Gasteiger partial charge >= 0.3 is 10.4 Å². The summed E-state index contributed by atoms with van der Waals surface area (Å²) in [6, 6.07) is 0. The van der Waals surface area contributed by atoms with Crippen LogP contribution in [0.15, 0.2) is 11.6 Å². The second kappa shape index (κ2) is 7.61. The molecule has 0 amide bonds. The minimum atomic E-state index is -4.47. The Morgan fingerprint density at radius 1 is 1.14 bits per heavy atom. The van der Waals surface area contributed by atoms with Crippen LogP contribution in [0.25, 0.3) is 0 Å². The van der Waals surface area contributed by atoms with E-state index in [0.717, 1.165) is 44.9 Å². The molecule has 0 aromatic rings. The van der Waals surface area contributed by atoms with Crippen molar-refractivity contribution in [3.05, 3.63) is 11.6 Å². The first-order chi connectivity index (χ1) is 12.5. The molecule has 0 spiro atoms. The van der Waals surface area contributed by atoms with Gasteiger partial charge in [-0.25, -0.2) is 4.18 Å².